The second kappa shape index (κ2) is 9.63. The fourth-order valence-corrected chi connectivity index (χ4v) is 6.51. The van der Waals surface area contributed by atoms with Crippen LogP contribution in [0.1, 0.15) is 18.2 Å². The predicted octanol–water partition coefficient (Wildman–Crippen LogP) is -0.350. The molecule has 3 unspecified atom stereocenters. The van der Waals surface area contributed by atoms with Crippen LogP contribution in [0.2, 0.25) is 0 Å². The average Bonchev–Trinajstić information content (AvgIpc) is 3.40. The van der Waals surface area contributed by atoms with E-state index in [4.69, 9.17) is 5.73 Å². The van der Waals surface area contributed by atoms with E-state index in [0.717, 1.165) is 29.3 Å². The molecule has 1 aromatic rings. The summed E-state index contributed by atoms with van der Waals surface area (Å²) in [6, 6.07) is -2.50. The zero-order valence-electron chi connectivity index (χ0n) is 18.9. The zero-order chi connectivity index (χ0) is 25.6. The fourth-order valence-electron chi connectivity index (χ4n) is 4.62. The van der Waals surface area contributed by atoms with E-state index in [-0.39, 0.29) is 28.2 Å². The molecular formula is C21H23N7O6S2. The topological polar surface area (TPSA) is 187 Å². The summed E-state index contributed by atoms with van der Waals surface area (Å²) in [6.07, 6.45) is 2.10. The maximum Gasteiger partial charge on any atom is 0.352 e. The Bertz CT molecular complexity index is 1210. The van der Waals surface area contributed by atoms with E-state index in [1.165, 1.54) is 17.1 Å². The third-order valence-electron chi connectivity index (χ3n) is 6.58. The number of nitroso groups, excluding NO2 is 1. The number of nitrogens with one attached hydrogen (secondary N) is 2. The molecule has 36 heavy (non-hydrogen) atoms. The molecule has 1 aromatic heterocycles. The van der Waals surface area contributed by atoms with Crippen LogP contribution in [-0.4, -0.2) is 86.9 Å². The number of fused-ring (bicyclic) bond motifs is 1. The number of amides is 3. The molecule has 3 saturated heterocycles. The zero-order valence-corrected chi connectivity index (χ0v) is 20.5. The summed E-state index contributed by atoms with van der Waals surface area (Å²) in [4.78, 5) is 68.6. The van der Waals surface area contributed by atoms with Gasteiger partial charge < -0.3 is 26.4 Å². The highest BCUT2D eigenvalue weighted by atomic mass is 32.2. The first-order valence-electron chi connectivity index (χ1n) is 11.2. The van der Waals surface area contributed by atoms with Crippen LogP contribution >= 0.6 is 23.1 Å². The van der Waals surface area contributed by atoms with Crippen LogP contribution in [0.15, 0.2) is 33.5 Å². The number of carbonyl (C=O) groups is 4. The van der Waals surface area contributed by atoms with Crippen molar-refractivity contribution in [1.29, 1.82) is 0 Å². The highest BCUT2D eigenvalue weighted by Crippen LogP contribution is 2.41. The Morgan fingerprint density at radius 2 is 2.17 bits per heavy atom. The van der Waals surface area contributed by atoms with E-state index < -0.39 is 35.2 Å². The van der Waals surface area contributed by atoms with Crippen molar-refractivity contribution < 1.29 is 24.3 Å². The molecule has 3 atom stereocenters. The van der Waals surface area contributed by atoms with Crippen molar-refractivity contribution in [3.05, 3.63) is 38.9 Å². The normalized spacial score (nSPS) is 25.9. The van der Waals surface area contributed by atoms with Gasteiger partial charge >= 0.3 is 5.97 Å². The minimum Gasteiger partial charge on any atom is -0.477 e. The first-order chi connectivity index (χ1) is 17.3. The number of carboxylic acid groups (broad SMARTS) is 1. The lowest BCUT2D eigenvalue weighted by Gasteiger charge is -2.49. The molecule has 3 fully saturated rings. The summed E-state index contributed by atoms with van der Waals surface area (Å²) in [5.74, 6) is -2.17. The summed E-state index contributed by atoms with van der Waals surface area (Å²) < 4.78 is 0. The number of nitrogen functional groups attached to an aromatic ring is 1. The van der Waals surface area contributed by atoms with Crippen LogP contribution in [0.5, 0.6) is 0 Å². The Balaban J connectivity index is 1.31. The van der Waals surface area contributed by atoms with Crippen molar-refractivity contribution in [2.45, 2.75) is 23.9 Å². The van der Waals surface area contributed by atoms with Crippen molar-refractivity contribution in [2.75, 3.05) is 37.7 Å². The van der Waals surface area contributed by atoms with Crippen molar-refractivity contribution >= 4 is 51.9 Å². The lowest BCUT2D eigenvalue weighted by atomic mass is 10.0. The Morgan fingerprint density at radius 3 is 2.78 bits per heavy atom. The van der Waals surface area contributed by atoms with Crippen molar-refractivity contribution in [2.24, 2.45) is 11.1 Å². The molecule has 3 amide bonds. The number of likely N-dealkylation sites (tertiary alicyclic amines) is 1. The van der Waals surface area contributed by atoms with Crippen molar-refractivity contribution in [1.82, 2.24) is 25.4 Å². The molecular weight excluding hydrogens is 510 g/mol. The SMILES string of the molecule is Nc1nc(C(N=O)C(=O)NC2C(=O)N3C(C(=O)O)=C(C=C4CCN(CC5CNC5)C4=O)CSC23)cs1. The summed E-state index contributed by atoms with van der Waals surface area (Å²) in [5.41, 5.74) is 6.34. The van der Waals surface area contributed by atoms with E-state index in [1.54, 1.807) is 11.0 Å². The van der Waals surface area contributed by atoms with Crippen LogP contribution in [0, 0.1) is 10.8 Å². The van der Waals surface area contributed by atoms with Crippen LogP contribution in [0.3, 0.4) is 0 Å². The van der Waals surface area contributed by atoms with Gasteiger partial charge in [0.15, 0.2) is 5.13 Å². The van der Waals surface area contributed by atoms with Gasteiger partial charge in [0, 0.05) is 48.8 Å². The summed E-state index contributed by atoms with van der Waals surface area (Å²) in [7, 11) is 0. The standard InChI is InChI=1S/C21H23N7O6S2/c22-21-24-12(8-36-21)13(26-34)16(29)25-14-18(31)28-15(20(32)33)11(7-35-19(14)28)3-10-1-2-27(17(10)30)6-9-4-23-5-9/h3,8-9,13-14,19,23H,1-2,4-7H2,(H2,22,24)(H,25,29)(H,32,33). The number of anilines is 1. The third kappa shape index (κ3) is 4.26. The first kappa shape index (κ1) is 24.4. The molecule has 5 N–H and O–H groups in total. The number of nitrogens with zero attached hydrogens (tertiary/aromatic N) is 4. The Hall–Kier alpha value is -3.30. The van der Waals surface area contributed by atoms with E-state index in [0.29, 0.717) is 36.6 Å². The van der Waals surface area contributed by atoms with Gasteiger partial charge in [-0.1, -0.05) is 0 Å². The molecule has 0 saturated carbocycles. The second-order valence-corrected chi connectivity index (χ2v) is 10.9. The number of thiazole rings is 1. The van der Waals surface area contributed by atoms with Crippen LogP contribution in [0.4, 0.5) is 5.13 Å². The number of rotatable bonds is 8. The molecule has 0 bridgehead atoms. The van der Waals surface area contributed by atoms with Crippen LogP contribution in [0.25, 0.3) is 0 Å². The highest BCUT2D eigenvalue weighted by molar-refractivity contribution is 8.00. The number of β-lactam (4-membered cyclic amide) rings is 1. The molecule has 4 aliphatic rings. The Kier molecular flexibility index (Phi) is 6.53. The number of carboxylic acids is 1. The quantitative estimate of drug-likeness (QED) is 0.195. The lowest BCUT2D eigenvalue weighted by molar-refractivity contribution is -0.150. The van der Waals surface area contributed by atoms with E-state index in [1.807, 2.05) is 0 Å². The van der Waals surface area contributed by atoms with Gasteiger partial charge in [-0.05, 0) is 23.2 Å². The summed E-state index contributed by atoms with van der Waals surface area (Å²) >= 11 is 2.32. The molecule has 0 aromatic carbocycles. The van der Waals surface area contributed by atoms with Crippen molar-refractivity contribution in [3.8, 4) is 0 Å². The van der Waals surface area contributed by atoms with Crippen LogP contribution in [-0.2, 0) is 19.2 Å². The van der Waals surface area contributed by atoms with E-state index in [9.17, 15) is 29.2 Å². The molecule has 0 spiro atoms. The van der Waals surface area contributed by atoms with Gasteiger partial charge in [0.1, 0.15) is 17.1 Å². The average molecular weight is 534 g/mol. The third-order valence-corrected chi connectivity index (χ3v) is 8.57. The number of hydrogen-bond donors (Lipinski definition) is 4. The van der Waals surface area contributed by atoms with Gasteiger partial charge in [-0.15, -0.1) is 28.0 Å². The number of hydrogen-bond acceptors (Lipinski definition) is 11. The summed E-state index contributed by atoms with van der Waals surface area (Å²) in [6.45, 7) is 3.01. The monoisotopic (exact) mass is 533 g/mol. The minimum absolute atomic E-state index is 0.0776. The van der Waals surface area contributed by atoms with Crippen molar-refractivity contribution in [3.63, 3.8) is 0 Å². The number of aromatic nitrogens is 1. The molecule has 5 heterocycles. The summed E-state index contributed by atoms with van der Waals surface area (Å²) in [5, 5.41) is 19.3. The Morgan fingerprint density at radius 1 is 1.39 bits per heavy atom. The second-order valence-electron chi connectivity index (χ2n) is 8.89. The number of allylic oxidation sites excluding steroid dienone is 1. The van der Waals surface area contributed by atoms with Crippen LogP contribution < -0.4 is 16.4 Å². The van der Waals surface area contributed by atoms with Gasteiger partial charge in [-0.25, -0.2) is 9.78 Å². The minimum atomic E-state index is -1.48. The number of nitrogens with two attached hydrogens (primary N) is 1. The van der Waals surface area contributed by atoms with Gasteiger partial charge in [-0.3, -0.25) is 19.3 Å². The maximum atomic E-state index is 12.9. The largest absolute Gasteiger partial charge is 0.477 e. The fraction of sp³-hybridized carbons (Fsp3) is 0.476. The van der Waals surface area contributed by atoms with Gasteiger partial charge in [0.25, 0.3) is 11.8 Å². The molecule has 5 rings (SSSR count). The number of thioether (sulfide) groups is 1. The van der Waals surface area contributed by atoms with E-state index >= 15 is 0 Å². The molecule has 0 radical (unpaired) electrons. The number of carbonyl (C=O) groups excluding carboxylic acids is 3. The van der Waals surface area contributed by atoms with Gasteiger partial charge in [0.05, 0.1) is 5.69 Å². The molecule has 190 valence electrons. The Labute approximate surface area is 213 Å². The maximum absolute atomic E-state index is 12.9. The van der Waals surface area contributed by atoms with Gasteiger partial charge in [0.2, 0.25) is 11.9 Å². The van der Waals surface area contributed by atoms with E-state index in [2.05, 4.69) is 20.8 Å². The highest BCUT2D eigenvalue weighted by Gasteiger charge is 2.54. The lowest BCUT2D eigenvalue weighted by Crippen LogP contribution is -2.70. The molecule has 4 aliphatic heterocycles. The smallest absolute Gasteiger partial charge is 0.352 e. The molecule has 15 heteroatoms. The molecule has 13 nitrogen and oxygen atoms in total. The van der Waals surface area contributed by atoms with Gasteiger partial charge in [-0.2, -0.15) is 0 Å². The predicted molar refractivity (Wildman–Crippen MR) is 130 cm³/mol. The number of aliphatic carboxylic acids is 1. The first-order valence-corrected chi connectivity index (χ1v) is 13.2. The molecule has 0 aliphatic carbocycles.